The zero-order chi connectivity index (χ0) is 16.4. The van der Waals surface area contributed by atoms with E-state index in [9.17, 15) is 4.79 Å². The van der Waals surface area contributed by atoms with Crippen LogP contribution >= 0.6 is 27.3 Å². The maximum atomic E-state index is 12.6. The third-order valence-electron chi connectivity index (χ3n) is 3.26. The van der Waals surface area contributed by atoms with Crippen molar-refractivity contribution in [3.05, 3.63) is 55.4 Å². The standard InChI is InChI=1S/C15H14BrN5OS/c1-3-13-18-19-15(23-13)17-8-12-9(2)20-21(14(12)22)11-6-4-10(16)5-7-11/h4-8,20H,3H2,1-2H3/b17-8+. The first-order chi connectivity index (χ1) is 11.1. The Labute approximate surface area is 145 Å². The number of aryl methyl sites for hydroxylation is 2. The Morgan fingerprint density at radius 2 is 2.09 bits per heavy atom. The molecule has 118 valence electrons. The quantitative estimate of drug-likeness (QED) is 0.692. The van der Waals surface area contributed by atoms with Gasteiger partial charge in [-0.2, -0.15) is 0 Å². The fourth-order valence-electron chi connectivity index (χ4n) is 2.04. The van der Waals surface area contributed by atoms with E-state index in [1.807, 2.05) is 38.1 Å². The molecule has 1 aromatic carbocycles. The first-order valence-electron chi connectivity index (χ1n) is 7.02. The Hall–Kier alpha value is -2.06. The highest BCUT2D eigenvalue weighted by molar-refractivity contribution is 9.10. The molecular weight excluding hydrogens is 378 g/mol. The van der Waals surface area contributed by atoms with Gasteiger partial charge in [0.1, 0.15) is 5.01 Å². The molecule has 0 aliphatic carbocycles. The van der Waals surface area contributed by atoms with E-state index in [0.717, 1.165) is 27.3 Å². The summed E-state index contributed by atoms with van der Waals surface area (Å²) in [4.78, 5) is 16.8. The Balaban J connectivity index is 1.94. The van der Waals surface area contributed by atoms with Crippen molar-refractivity contribution in [2.24, 2.45) is 4.99 Å². The Kier molecular flexibility index (Phi) is 4.53. The van der Waals surface area contributed by atoms with E-state index in [1.54, 1.807) is 6.21 Å². The number of hydrogen-bond acceptors (Lipinski definition) is 5. The minimum absolute atomic E-state index is 0.145. The van der Waals surface area contributed by atoms with Gasteiger partial charge in [0.05, 0.1) is 11.3 Å². The van der Waals surface area contributed by atoms with Crippen LogP contribution in [0, 0.1) is 6.92 Å². The highest BCUT2D eigenvalue weighted by atomic mass is 79.9. The predicted molar refractivity (Wildman–Crippen MR) is 95.4 cm³/mol. The third kappa shape index (κ3) is 3.32. The summed E-state index contributed by atoms with van der Waals surface area (Å²) in [6.07, 6.45) is 2.37. The van der Waals surface area contributed by atoms with Crippen LogP contribution in [-0.2, 0) is 6.42 Å². The minimum Gasteiger partial charge on any atom is -0.295 e. The van der Waals surface area contributed by atoms with Crippen LogP contribution in [0.15, 0.2) is 38.5 Å². The second kappa shape index (κ2) is 6.59. The molecule has 0 spiro atoms. The lowest BCUT2D eigenvalue weighted by Gasteiger charge is -2.00. The Morgan fingerprint density at radius 1 is 1.35 bits per heavy atom. The van der Waals surface area contributed by atoms with Crippen molar-refractivity contribution in [3.63, 3.8) is 0 Å². The van der Waals surface area contributed by atoms with Gasteiger partial charge in [-0.15, -0.1) is 10.2 Å². The lowest BCUT2D eigenvalue weighted by Crippen LogP contribution is -2.17. The van der Waals surface area contributed by atoms with E-state index >= 15 is 0 Å². The first kappa shape index (κ1) is 15.8. The molecule has 8 heteroatoms. The van der Waals surface area contributed by atoms with Gasteiger partial charge >= 0.3 is 0 Å². The van der Waals surface area contributed by atoms with Crippen molar-refractivity contribution in [2.75, 3.05) is 0 Å². The van der Waals surface area contributed by atoms with Crippen molar-refractivity contribution in [1.29, 1.82) is 0 Å². The number of benzene rings is 1. The van der Waals surface area contributed by atoms with Gasteiger partial charge in [-0.3, -0.25) is 9.89 Å². The van der Waals surface area contributed by atoms with Gasteiger partial charge in [-0.1, -0.05) is 34.2 Å². The SMILES string of the molecule is CCc1nnc(/N=C/c2c(C)[nH]n(-c3ccc(Br)cc3)c2=O)s1. The van der Waals surface area contributed by atoms with E-state index in [0.29, 0.717) is 10.7 Å². The third-order valence-corrected chi connectivity index (χ3v) is 4.77. The Bertz CT molecular complexity index is 907. The fraction of sp³-hybridized carbons (Fsp3) is 0.200. The monoisotopic (exact) mass is 391 g/mol. The molecule has 23 heavy (non-hydrogen) atoms. The molecule has 3 aromatic rings. The number of nitrogens with zero attached hydrogens (tertiary/aromatic N) is 4. The minimum atomic E-state index is -0.145. The van der Waals surface area contributed by atoms with Crippen molar-refractivity contribution < 1.29 is 0 Å². The summed E-state index contributed by atoms with van der Waals surface area (Å²) in [6, 6.07) is 7.50. The van der Waals surface area contributed by atoms with Crippen LogP contribution in [0.3, 0.4) is 0 Å². The largest absolute Gasteiger partial charge is 0.295 e. The summed E-state index contributed by atoms with van der Waals surface area (Å²) in [6.45, 7) is 3.86. The second-order valence-electron chi connectivity index (χ2n) is 4.86. The molecule has 0 aliphatic rings. The van der Waals surface area contributed by atoms with Gasteiger partial charge in [-0.25, -0.2) is 9.67 Å². The van der Waals surface area contributed by atoms with Crippen LogP contribution in [0.4, 0.5) is 5.13 Å². The number of hydrogen-bond donors (Lipinski definition) is 1. The van der Waals surface area contributed by atoms with Gasteiger partial charge < -0.3 is 0 Å². The molecule has 2 heterocycles. The maximum absolute atomic E-state index is 12.6. The molecule has 0 aliphatic heterocycles. The second-order valence-corrected chi connectivity index (χ2v) is 6.81. The summed E-state index contributed by atoms with van der Waals surface area (Å²) < 4.78 is 2.46. The number of aliphatic imine (C=N–C) groups is 1. The molecule has 0 atom stereocenters. The Morgan fingerprint density at radius 3 is 2.74 bits per heavy atom. The molecule has 3 rings (SSSR count). The molecule has 2 aromatic heterocycles. The van der Waals surface area contributed by atoms with Gasteiger partial charge in [-0.05, 0) is 37.6 Å². The summed E-state index contributed by atoms with van der Waals surface area (Å²) in [5, 5.41) is 12.5. The van der Waals surface area contributed by atoms with Crippen molar-refractivity contribution in [3.8, 4) is 5.69 Å². The van der Waals surface area contributed by atoms with E-state index in [4.69, 9.17) is 0 Å². The predicted octanol–water partition coefficient (Wildman–Crippen LogP) is 3.40. The number of H-pyrrole nitrogens is 1. The number of rotatable bonds is 4. The van der Waals surface area contributed by atoms with E-state index in [2.05, 4.69) is 36.2 Å². The molecule has 0 fully saturated rings. The lowest BCUT2D eigenvalue weighted by atomic mass is 10.3. The maximum Gasteiger partial charge on any atom is 0.280 e. The molecule has 0 saturated heterocycles. The number of nitrogens with one attached hydrogen (secondary N) is 1. The molecule has 0 radical (unpaired) electrons. The van der Waals surface area contributed by atoms with E-state index < -0.39 is 0 Å². The number of aromatic nitrogens is 4. The lowest BCUT2D eigenvalue weighted by molar-refractivity contribution is 0.835. The molecule has 0 saturated carbocycles. The molecule has 1 N–H and O–H groups in total. The van der Waals surface area contributed by atoms with Crippen LogP contribution in [0.1, 0.15) is 23.2 Å². The van der Waals surface area contributed by atoms with Crippen LogP contribution in [-0.4, -0.2) is 26.2 Å². The summed E-state index contributed by atoms with van der Waals surface area (Å²) >= 11 is 4.81. The van der Waals surface area contributed by atoms with E-state index in [-0.39, 0.29) is 5.56 Å². The number of aromatic amines is 1. The molecule has 6 nitrogen and oxygen atoms in total. The fourth-order valence-corrected chi connectivity index (χ4v) is 2.93. The van der Waals surface area contributed by atoms with Crippen LogP contribution < -0.4 is 5.56 Å². The van der Waals surface area contributed by atoms with Gasteiger partial charge in [0.2, 0.25) is 5.13 Å². The van der Waals surface area contributed by atoms with Crippen molar-refractivity contribution in [2.45, 2.75) is 20.3 Å². The summed E-state index contributed by atoms with van der Waals surface area (Å²) in [5.41, 5.74) is 1.89. The molecular formula is C15H14BrN5OS. The smallest absolute Gasteiger partial charge is 0.280 e. The van der Waals surface area contributed by atoms with E-state index in [1.165, 1.54) is 16.0 Å². The normalized spacial score (nSPS) is 11.4. The summed E-state index contributed by atoms with van der Waals surface area (Å²) in [7, 11) is 0. The van der Waals surface area contributed by atoms with Gasteiger partial charge in [0.15, 0.2) is 0 Å². The van der Waals surface area contributed by atoms with Crippen LogP contribution in [0.5, 0.6) is 0 Å². The molecule has 0 bridgehead atoms. The van der Waals surface area contributed by atoms with Gasteiger partial charge in [0, 0.05) is 16.4 Å². The molecule has 0 unspecified atom stereocenters. The number of halogens is 1. The van der Waals surface area contributed by atoms with Crippen molar-refractivity contribution >= 4 is 38.6 Å². The summed E-state index contributed by atoms with van der Waals surface area (Å²) in [5.74, 6) is 0. The average Bonchev–Trinajstić information content (AvgIpc) is 3.11. The average molecular weight is 392 g/mol. The van der Waals surface area contributed by atoms with Gasteiger partial charge in [0.25, 0.3) is 5.56 Å². The highest BCUT2D eigenvalue weighted by Crippen LogP contribution is 2.18. The zero-order valence-electron chi connectivity index (χ0n) is 12.6. The first-order valence-corrected chi connectivity index (χ1v) is 8.63. The molecule has 0 amide bonds. The van der Waals surface area contributed by atoms with Crippen LogP contribution in [0.2, 0.25) is 0 Å². The highest BCUT2D eigenvalue weighted by Gasteiger charge is 2.11. The topological polar surface area (TPSA) is 75.9 Å². The van der Waals surface area contributed by atoms with Crippen molar-refractivity contribution in [1.82, 2.24) is 20.0 Å². The van der Waals surface area contributed by atoms with Crippen LogP contribution in [0.25, 0.3) is 5.69 Å². The zero-order valence-corrected chi connectivity index (χ0v) is 15.0.